The first-order valence-electron chi connectivity index (χ1n) is 10.6. The summed E-state index contributed by atoms with van der Waals surface area (Å²) < 4.78 is 6.89. The molecule has 0 unspecified atom stereocenters. The minimum Gasteiger partial charge on any atom is -0.383 e. The summed E-state index contributed by atoms with van der Waals surface area (Å²) in [6.07, 6.45) is 2.92. The number of fused-ring (bicyclic) bond motifs is 1. The minimum atomic E-state index is -0.00810. The third kappa shape index (κ3) is 4.39. The first-order valence-corrected chi connectivity index (χ1v) is 10.6. The second kappa shape index (κ2) is 9.40. The number of carbonyl (C=O) groups excluding carboxylic acids is 2. The largest absolute Gasteiger partial charge is 0.383 e. The fourth-order valence-corrected chi connectivity index (χ4v) is 4.20. The molecule has 8 heteroatoms. The molecule has 1 aliphatic heterocycles. The summed E-state index contributed by atoms with van der Waals surface area (Å²) in [5.74, 6) is -0.00159. The van der Waals surface area contributed by atoms with Crippen LogP contribution in [0.2, 0.25) is 0 Å². The standard InChI is InChI=1S/C22H29N5O3/c1-30-15-10-23-20(28)16-25-11-13-26(14-12-25)22(29)21-18-8-5-9-19(18)27(24-21)17-6-3-2-4-7-17/h2-4,6-7H,5,8-16H2,1H3,(H,23,28). The maximum atomic E-state index is 13.2. The summed E-state index contributed by atoms with van der Waals surface area (Å²) in [5.41, 5.74) is 3.86. The fourth-order valence-electron chi connectivity index (χ4n) is 4.20. The Hall–Kier alpha value is -2.71. The number of amides is 2. The Bertz CT molecular complexity index is 888. The lowest BCUT2D eigenvalue weighted by atomic mass is 10.1. The van der Waals surface area contributed by atoms with E-state index in [0.29, 0.717) is 51.6 Å². The van der Waals surface area contributed by atoms with E-state index in [0.717, 1.165) is 36.2 Å². The van der Waals surface area contributed by atoms with Crippen LogP contribution in [-0.2, 0) is 22.4 Å². The van der Waals surface area contributed by atoms with Gasteiger partial charge in [-0.05, 0) is 31.4 Å². The van der Waals surface area contributed by atoms with E-state index in [1.54, 1.807) is 7.11 Å². The third-order valence-corrected chi connectivity index (χ3v) is 5.79. The van der Waals surface area contributed by atoms with Crippen molar-refractivity contribution in [3.63, 3.8) is 0 Å². The lowest BCUT2D eigenvalue weighted by Crippen LogP contribution is -2.51. The van der Waals surface area contributed by atoms with Gasteiger partial charge in [0.2, 0.25) is 5.91 Å². The molecule has 1 N–H and O–H groups in total. The Labute approximate surface area is 176 Å². The number of rotatable bonds is 7. The highest BCUT2D eigenvalue weighted by Gasteiger charge is 2.31. The van der Waals surface area contributed by atoms with Gasteiger partial charge in [-0.15, -0.1) is 0 Å². The molecule has 2 heterocycles. The highest BCUT2D eigenvalue weighted by atomic mass is 16.5. The topological polar surface area (TPSA) is 79.7 Å². The van der Waals surface area contributed by atoms with Gasteiger partial charge in [0, 0.05) is 51.1 Å². The Balaban J connectivity index is 1.39. The maximum Gasteiger partial charge on any atom is 0.274 e. The number of hydrogen-bond acceptors (Lipinski definition) is 5. The number of piperazine rings is 1. The lowest BCUT2D eigenvalue weighted by molar-refractivity contribution is -0.122. The van der Waals surface area contributed by atoms with E-state index in [2.05, 4.69) is 10.2 Å². The van der Waals surface area contributed by atoms with Gasteiger partial charge in [-0.3, -0.25) is 14.5 Å². The van der Waals surface area contributed by atoms with Gasteiger partial charge in [-0.2, -0.15) is 5.10 Å². The van der Waals surface area contributed by atoms with E-state index < -0.39 is 0 Å². The molecule has 0 radical (unpaired) electrons. The van der Waals surface area contributed by atoms with Gasteiger partial charge in [0.25, 0.3) is 5.91 Å². The van der Waals surface area contributed by atoms with Gasteiger partial charge in [0.1, 0.15) is 0 Å². The van der Waals surface area contributed by atoms with Crippen LogP contribution in [0.15, 0.2) is 30.3 Å². The van der Waals surface area contributed by atoms with E-state index in [1.165, 1.54) is 0 Å². The Morgan fingerprint density at radius 3 is 2.60 bits per heavy atom. The van der Waals surface area contributed by atoms with E-state index in [9.17, 15) is 9.59 Å². The SMILES string of the molecule is COCCNC(=O)CN1CCN(C(=O)c2nn(-c3ccccc3)c3c2CCC3)CC1. The number of para-hydroxylation sites is 1. The lowest BCUT2D eigenvalue weighted by Gasteiger charge is -2.34. The zero-order chi connectivity index (χ0) is 20.9. The minimum absolute atomic E-state index is 0.00651. The van der Waals surface area contributed by atoms with Crippen LogP contribution in [0, 0.1) is 0 Å². The fraction of sp³-hybridized carbons (Fsp3) is 0.500. The van der Waals surface area contributed by atoms with Gasteiger partial charge < -0.3 is 15.0 Å². The smallest absolute Gasteiger partial charge is 0.274 e. The van der Waals surface area contributed by atoms with Crippen molar-refractivity contribution in [2.75, 3.05) is 53.0 Å². The van der Waals surface area contributed by atoms with Gasteiger partial charge in [0.15, 0.2) is 5.69 Å². The van der Waals surface area contributed by atoms with Gasteiger partial charge in [0.05, 0.1) is 18.8 Å². The number of hydrogen-bond donors (Lipinski definition) is 1. The molecule has 8 nitrogen and oxygen atoms in total. The Morgan fingerprint density at radius 1 is 1.10 bits per heavy atom. The molecule has 0 spiro atoms. The highest BCUT2D eigenvalue weighted by molar-refractivity contribution is 5.94. The second-order valence-corrected chi connectivity index (χ2v) is 7.79. The molecule has 2 aromatic rings. The van der Waals surface area contributed by atoms with Crippen LogP contribution >= 0.6 is 0 Å². The van der Waals surface area contributed by atoms with Gasteiger partial charge in [-0.1, -0.05) is 18.2 Å². The van der Waals surface area contributed by atoms with Crippen LogP contribution in [0.4, 0.5) is 0 Å². The molecule has 4 rings (SSSR count). The summed E-state index contributed by atoms with van der Waals surface area (Å²) in [7, 11) is 1.61. The van der Waals surface area contributed by atoms with Crippen LogP contribution in [0.1, 0.15) is 28.2 Å². The Morgan fingerprint density at radius 2 is 1.87 bits per heavy atom. The number of carbonyl (C=O) groups is 2. The summed E-state index contributed by atoms with van der Waals surface area (Å²) in [4.78, 5) is 29.2. The molecule has 2 aliphatic rings. The van der Waals surface area contributed by atoms with Crippen molar-refractivity contribution >= 4 is 11.8 Å². The predicted molar refractivity (Wildman–Crippen MR) is 113 cm³/mol. The molecule has 1 fully saturated rings. The van der Waals surface area contributed by atoms with Crippen molar-refractivity contribution < 1.29 is 14.3 Å². The van der Waals surface area contributed by atoms with E-state index >= 15 is 0 Å². The van der Waals surface area contributed by atoms with Gasteiger partial charge in [-0.25, -0.2) is 4.68 Å². The molecule has 1 aromatic heterocycles. The van der Waals surface area contributed by atoms with Crippen LogP contribution in [-0.4, -0.2) is 84.4 Å². The molecule has 0 bridgehead atoms. The van der Waals surface area contributed by atoms with Crippen molar-refractivity contribution in [2.24, 2.45) is 0 Å². The van der Waals surface area contributed by atoms with Gasteiger partial charge >= 0.3 is 0 Å². The predicted octanol–water partition coefficient (Wildman–Crippen LogP) is 0.881. The zero-order valence-corrected chi connectivity index (χ0v) is 17.5. The molecular weight excluding hydrogens is 382 g/mol. The van der Waals surface area contributed by atoms with Crippen LogP contribution < -0.4 is 5.32 Å². The number of nitrogens with one attached hydrogen (secondary N) is 1. The summed E-state index contributed by atoms with van der Waals surface area (Å²) in [6.45, 7) is 3.96. The van der Waals surface area contributed by atoms with Crippen molar-refractivity contribution in [1.29, 1.82) is 0 Å². The number of nitrogens with zero attached hydrogens (tertiary/aromatic N) is 4. The van der Waals surface area contributed by atoms with Crippen LogP contribution in [0.5, 0.6) is 0 Å². The average Bonchev–Trinajstić information content (AvgIpc) is 3.37. The van der Waals surface area contributed by atoms with Crippen molar-refractivity contribution in [3.05, 3.63) is 47.3 Å². The zero-order valence-electron chi connectivity index (χ0n) is 17.5. The first kappa shape index (κ1) is 20.6. The second-order valence-electron chi connectivity index (χ2n) is 7.79. The molecular formula is C22H29N5O3. The van der Waals surface area contributed by atoms with E-state index in [-0.39, 0.29) is 11.8 Å². The third-order valence-electron chi connectivity index (χ3n) is 5.79. The quantitative estimate of drug-likeness (QED) is 0.685. The van der Waals surface area contributed by atoms with E-state index in [4.69, 9.17) is 9.84 Å². The first-order chi connectivity index (χ1) is 14.7. The molecule has 160 valence electrons. The molecule has 0 atom stereocenters. The molecule has 1 aromatic carbocycles. The van der Waals surface area contributed by atoms with E-state index in [1.807, 2.05) is 39.9 Å². The van der Waals surface area contributed by atoms with Crippen molar-refractivity contribution in [2.45, 2.75) is 19.3 Å². The molecule has 0 saturated carbocycles. The van der Waals surface area contributed by atoms with Crippen LogP contribution in [0.3, 0.4) is 0 Å². The normalized spacial score (nSPS) is 16.5. The number of aromatic nitrogens is 2. The maximum absolute atomic E-state index is 13.2. The molecule has 1 saturated heterocycles. The monoisotopic (exact) mass is 411 g/mol. The highest BCUT2D eigenvalue weighted by Crippen LogP contribution is 2.28. The molecule has 30 heavy (non-hydrogen) atoms. The molecule has 1 aliphatic carbocycles. The van der Waals surface area contributed by atoms with Crippen molar-refractivity contribution in [1.82, 2.24) is 24.9 Å². The molecule has 2 amide bonds. The number of ether oxygens (including phenoxy) is 1. The number of benzene rings is 1. The van der Waals surface area contributed by atoms with Crippen LogP contribution in [0.25, 0.3) is 5.69 Å². The summed E-state index contributed by atoms with van der Waals surface area (Å²) in [5, 5.41) is 7.56. The number of methoxy groups -OCH3 is 1. The van der Waals surface area contributed by atoms with Crippen molar-refractivity contribution in [3.8, 4) is 5.69 Å². The Kier molecular flexibility index (Phi) is 6.44. The average molecular weight is 412 g/mol. The summed E-state index contributed by atoms with van der Waals surface area (Å²) in [6, 6.07) is 10.0. The summed E-state index contributed by atoms with van der Waals surface area (Å²) >= 11 is 0.